The van der Waals surface area contributed by atoms with E-state index in [0.29, 0.717) is 36.4 Å². The predicted octanol–water partition coefficient (Wildman–Crippen LogP) is 2.94. The zero-order valence-electron chi connectivity index (χ0n) is 18.1. The van der Waals surface area contributed by atoms with Crippen LogP contribution in [-0.2, 0) is 4.52 Å². The molecule has 0 radical (unpaired) electrons. The van der Waals surface area contributed by atoms with Crippen LogP contribution in [0.3, 0.4) is 0 Å². The Balaban J connectivity index is 1.86. The Hall–Kier alpha value is -1.85. The highest BCUT2D eigenvalue weighted by Crippen LogP contribution is 2.55. The molecule has 0 aromatic carbocycles. The number of aliphatic hydroxyl groups is 1. The van der Waals surface area contributed by atoms with Gasteiger partial charge in [0.05, 0.1) is 25.4 Å². The van der Waals surface area contributed by atoms with Gasteiger partial charge in [-0.25, -0.2) is 15.0 Å². The van der Waals surface area contributed by atoms with Crippen LogP contribution < -0.4 is 5.73 Å². The van der Waals surface area contributed by atoms with Gasteiger partial charge in [0.2, 0.25) is 0 Å². The van der Waals surface area contributed by atoms with Crippen LogP contribution in [-0.4, -0.2) is 60.8 Å². The monoisotopic (exact) mass is 433 g/mol. The van der Waals surface area contributed by atoms with Gasteiger partial charge in [0.15, 0.2) is 11.5 Å². The summed E-state index contributed by atoms with van der Waals surface area (Å²) in [6.45, 7) is 9.27. The molecule has 9 nitrogen and oxygen atoms in total. The van der Waals surface area contributed by atoms with Crippen molar-refractivity contribution >= 4 is 25.3 Å². The largest absolute Gasteiger partial charge is 0.396 e. The molecule has 3 N–H and O–H groups in total. The summed E-state index contributed by atoms with van der Waals surface area (Å²) in [6.07, 6.45) is 5.31. The normalized spacial score (nSPS) is 22.6. The number of hydrogen-bond acceptors (Lipinski definition) is 8. The molecule has 10 heteroatoms. The summed E-state index contributed by atoms with van der Waals surface area (Å²) in [5, 5.41) is 18.9. The summed E-state index contributed by atoms with van der Waals surface area (Å²) in [5.74, 6) is 0.815. The second kappa shape index (κ2) is 9.97. The Kier molecular flexibility index (Phi) is 7.59. The first-order chi connectivity index (χ1) is 14.4. The standard InChI is InChI=1S/C20H32N7O2P/c1-13(2)27(14(3)4)30(29-7-5-6-21)10-16-15(9-28)8-17(16)26-12-25-18-19(22)23-11-24-20(18)26/h11-17,28H,5,7-10H2,1-4H3,(H2,22,23,24)/t15-,16-,17-,30?/m1/s1. The van der Waals surface area contributed by atoms with Crippen molar-refractivity contribution in [3.05, 3.63) is 12.7 Å². The minimum atomic E-state index is -0.913. The maximum Gasteiger partial charge on any atom is 0.165 e. The molecule has 164 valence electrons. The molecule has 1 fully saturated rings. The fourth-order valence-electron chi connectivity index (χ4n) is 4.39. The van der Waals surface area contributed by atoms with Gasteiger partial charge in [0.25, 0.3) is 0 Å². The Morgan fingerprint density at radius 2 is 2.07 bits per heavy atom. The highest BCUT2D eigenvalue weighted by atomic mass is 31.2. The van der Waals surface area contributed by atoms with Crippen molar-refractivity contribution in [1.29, 1.82) is 5.26 Å². The number of imidazole rings is 1. The summed E-state index contributed by atoms with van der Waals surface area (Å²) < 4.78 is 10.7. The van der Waals surface area contributed by atoms with Crippen LogP contribution in [0.5, 0.6) is 0 Å². The van der Waals surface area contributed by atoms with Crippen LogP contribution in [0.15, 0.2) is 12.7 Å². The number of nitrogen functional groups attached to an aromatic ring is 1. The SMILES string of the molecule is CC(C)N(C(C)C)P(C[C@@H]1[C@@H](CO)C[C@H]1n1cnc2c(N)ncnc21)OCCC#N. The van der Waals surface area contributed by atoms with Crippen molar-refractivity contribution in [3.63, 3.8) is 0 Å². The maximum absolute atomic E-state index is 9.95. The van der Waals surface area contributed by atoms with Crippen LogP contribution in [0, 0.1) is 23.2 Å². The van der Waals surface area contributed by atoms with Crippen LogP contribution >= 0.6 is 8.30 Å². The van der Waals surface area contributed by atoms with E-state index in [1.165, 1.54) is 6.33 Å². The number of rotatable bonds is 10. The summed E-state index contributed by atoms with van der Waals surface area (Å²) >= 11 is 0. The van der Waals surface area contributed by atoms with Crippen LogP contribution in [0.4, 0.5) is 5.82 Å². The maximum atomic E-state index is 9.95. The number of anilines is 1. The topological polar surface area (TPSA) is 126 Å². The molecular weight excluding hydrogens is 401 g/mol. The van der Waals surface area contributed by atoms with Crippen molar-refractivity contribution < 1.29 is 9.63 Å². The molecule has 0 saturated heterocycles. The second-order valence-corrected chi connectivity index (χ2v) is 10.1. The number of nitrogens with two attached hydrogens (primary N) is 1. The van der Waals surface area contributed by atoms with Gasteiger partial charge in [-0.1, -0.05) is 0 Å². The Labute approximate surface area is 179 Å². The molecule has 0 amide bonds. The van der Waals surface area contributed by atoms with Gasteiger partial charge in [0, 0.05) is 30.9 Å². The third kappa shape index (κ3) is 4.57. The van der Waals surface area contributed by atoms with Crippen LogP contribution in [0.1, 0.15) is 46.6 Å². The number of aliphatic hydroxyl groups excluding tert-OH is 1. The first kappa shape index (κ1) is 22.8. The van der Waals surface area contributed by atoms with E-state index in [2.05, 4.69) is 58.0 Å². The van der Waals surface area contributed by atoms with E-state index in [4.69, 9.17) is 15.5 Å². The van der Waals surface area contributed by atoms with Gasteiger partial charge >= 0.3 is 0 Å². The van der Waals surface area contributed by atoms with Crippen LogP contribution in [0.25, 0.3) is 11.2 Å². The number of nitrogens with zero attached hydrogens (tertiary/aromatic N) is 6. The van der Waals surface area contributed by atoms with Gasteiger partial charge in [-0.2, -0.15) is 5.26 Å². The molecule has 0 spiro atoms. The zero-order chi connectivity index (χ0) is 21.8. The Morgan fingerprint density at radius 3 is 2.70 bits per heavy atom. The fraction of sp³-hybridized carbons (Fsp3) is 0.700. The summed E-state index contributed by atoms with van der Waals surface area (Å²) in [6, 6.07) is 2.99. The van der Waals surface area contributed by atoms with E-state index in [-0.39, 0.29) is 24.5 Å². The van der Waals surface area contributed by atoms with E-state index >= 15 is 0 Å². The number of aromatic nitrogens is 4. The highest BCUT2D eigenvalue weighted by molar-refractivity contribution is 7.50. The molecule has 4 atom stereocenters. The third-order valence-electron chi connectivity index (χ3n) is 5.76. The van der Waals surface area contributed by atoms with Gasteiger partial charge in [-0.3, -0.25) is 4.67 Å². The van der Waals surface area contributed by atoms with Crippen molar-refractivity contribution in [2.45, 2.75) is 58.7 Å². The van der Waals surface area contributed by atoms with E-state index in [0.717, 1.165) is 18.2 Å². The molecule has 0 aliphatic heterocycles. The lowest BCUT2D eigenvalue weighted by Gasteiger charge is -2.48. The smallest absolute Gasteiger partial charge is 0.165 e. The molecule has 1 aliphatic carbocycles. The Bertz CT molecular complexity index is 874. The minimum Gasteiger partial charge on any atom is -0.396 e. The van der Waals surface area contributed by atoms with Gasteiger partial charge in [0.1, 0.15) is 20.1 Å². The third-order valence-corrected chi connectivity index (χ3v) is 8.41. The molecule has 2 aromatic heterocycles. The Morgan fingerprint density at radius 1 is 1.33 bits per heavy atom. The zero-order valence-corrected chi connectivity index (χ0v) is 19.0. The molecule has 3 rings (SSSR count). The van der Waals surface area contributed by atoms with E-state index in [1.54, 1.807) is 6.33 Å². The van der Waals surface area contributed by atoms with E-state index < -0.39 is 8.30 Å². The number of fused-ring (bicyclic) bond motifs is 1. The molecule has 1 saturated carbocycles. The highest BCUT2D eigenvalue weighted by Gasteiger charge is 2.45. The van der Waals surface area contributed by atoms with Gasteiger partial charge in [-0.05, 0) is 46.0 Å². The molecule has 30 heavy (non-hydrogen) atoms. The van der Waals surface area contributed by atoms with Crippen molar-refractivity contribution in [2.24, 2.45) is 11.8 Å². The second-order valence-electron chi connectivity index (χ2n) is 8.34. The number of nitriles is 1. The quantitative estimate of drug-likeness (QED) is 0.433. The van der Waals surface area contributed by atoms with Crippen LogP contribution in [0.2, 0.25) is 0 Å². The minimum absolute atomic E-state index is 0.148. The fourth-order valence-corrected chi connectivity index (χ4v) is 7.06. The molecular formula is C20H32N7O2P. The van der Waals surface area contributed by atoms with Gasteiger partial charge in [-0.15, -0.1) is 0 Å². The molecule has 2 heterocycles. The van der Waals surface area contributed by atoms with Gasteiger partial charge < -0.3 is 19.9 Å². The lowest BCUT2D eigenvalue weighted by Crippen LogP contribution is -2.44. The molecule has 0 bridgehead atoms. The predicted molar refractivity (Wildman–Crippen MR) is 118 cm³/mol. The summed E-state index contributed by atoms with van der Waals surface area (Å²) in [4.78, 5) is 12.8. The van der Waals surface area contributed by atoms with E-state index in [1.807, 2.05) is 0 Å². The number of hydrogen-bond donors (Lipinski definition) is 2. The summed E-state index contributed by atoms with van der Waals surface area (Å²) in [5.41, 5.74) is 7.30. The lowest BCUT2D eigenvalue weighted by atomic mass is 9.70. The molecule has 2 aromatic rings. The lowest BCUT2D eigenvalue weighted by molar-refractivity contribution is 0.0437. The molecule has 1 aliphatic rings. The summed E-state index contributed by atoms with van der Waals surface area (Å²) in [7, 11) is -0.913. The molecule has 1 unspecified atom stereocenters. The van der Waals surface area contributed by atoms with E-state index in [9.17, 15) is 5.11 Å². The average Bonchev–Trinajstić information content (AvgIpc) is 3.10. The van der Waals surface area contributed by atoms with Crippen molar-refractivity contribution in [2.75, 3.05) is 25.1 Å². The first-order valence-corrected chi connectivity index (χ1v) is 11.9. The average molecular weight is 433 g/mol. The van der Waals surface area contributed by atoms with Crippen molar-refractivity contribution in [3.8, 4) is 6.07 Å². The first-order valence-electron chi connectivity index (χ1n) is 10.5. The van der Waals surface area contributed by atoms with Crippen molar-refractivity contribution in [1.82, 2.24) is 24.2 Å².